The first-order valence-electron chi connectivity index (χ1n) is 7.24. The van der Waals surface area contributed by atoms with Gasteiger partial charge in [-0.1, -0.05) is 18.2 Å². The van der Waals surface area contributed by atoms with Crippen LogP contribution in [0.25, 0.3) is 33.1 Å². The molecule has 24 heavy (non-hydrogen) atoms. The first-order valence-corrected chi connectivity index (χ1v) is 8.64. The maximum Gasteiger partial charge on any atom is 0.354 e. The summed E-state index contributed by atoms with van der Waals surface area (Å²) in [4.78, 5) is 15.3. The zero-order valence-corrected chi connectivity index (χ0v) is 13.6. The average molecular weight is 339 g/mol. The minimum Gasteiger partial charge on any atom is -0.477 e. The standard InChI is InChI=1S/C17H13N3O3S/c1-24-9-20-14-6-13(17(21)22)18-7-11(14)16(19-20)12-8-23-15-5-3-2-4-10(12)15/h2-8H,9H2,1H3,(H,21,22). The van der Waals surface area contributed by atoms with Crippen LogP contribution >= 0.6 is 11.8 Å². The van der Waals surface area contributed by atoms with Crippen molar-refractivity contribution in [1.29, 1.82) is 0 Å². The number of aromatic nitrogens is 3. The number of pyridine rings is 1. The number of fused-ring (bicyclic) bond motifs is 2. The number of carbonyl (C=O) groups is 1. The van der Waals surface area contributed by atoms with Crippen LogP contribution in [-0.4, -0.2) is 32.1 Å². The van der Waals surface area contributed by atoms with E-state index in [1.807, 2.05) is 30.5 Å². The van der Waals surface area contributed by atoms with E-state index < -0.39 is 5.97 Å². The normalized spacial score (nSPS) is 11.4. The van der Waals surface area contributed by atoms with Crippen LogP contribution in [-0.2, 0) is 5.88 Å². The summed E-state index contributed by atoms with van der Waals surface area (Å²) in [5.74, 6) is -0.431. The lowest BCUT2D eigenvalue weighted by Crippen LogP contribution is -2.01. The molecule has 0 radical (unpaired) electrons. The molecule has 0 fully saturated rings. The third kappa shape index (κ3) is 2.25. The van der Waals surface area contributed by atoms with E-state index in [2.05, 4.69) is 10.1 Å². The van der Waals surface area contributed by atoms with Crippen molar-refractivity contribution in [1.82, 2.24) is 14.8 Å². The van der Waals surface area contributed by atoms with Gasteiger partial charge in [0, 0.05) is 22.5 Å². The maximum atomic E-state index is 11.2. The van der Waals surface area contributed by atoms with E-state index in [0.29, 0.717) is 5.88 Å². The molecule has 0 saturated carbocycles. The first kappa shape index (κ1) is 14.8. The van der Waals surface area contributed by atoms with E-state index >= 15 is 0 Å². The van der Waals surface area contributed by atoms with Crippen LogP contribution in [0, 0.1) is 0 Å². The number of benzene rings is 1. The van der Waals surface area contributed by atoms with Gasteiger partial charge in [-0.2, -0.15) is 5.10 Å². The van der Waals surface area contributed by atoms with Crippen LogP contribution in [0.2, 0.25) is 0 Å². The van der Waals surface area contributed by atoms with Gasteiger partial charge in [0.2, 0.25) is 0 Å². The van der Waals surface area contributed by atoms with Crippen molar-refractivity contribution >= 4 is 39.6 Å². The molecular formula is C17H13N3O3S. The first-order chi connectivity index (χ1) is 11.7. The number of rotatable bonds is 4. The minimum atomic E-state index is -1.05. The number of para-hydroxylation sites is 1. The van der Waals surface area contributed by atoms with E-state index in [9.17, 15) is 9.90 Å². The molecule has 4 rings (SSSR count). The van der Waals surface area contributed by atoms with E-state index in [4.69, 9.17) is 4.42 Å². The summed E-state index contributed by atoms with van der Waals surface area (Å²) in [6.07, 6.45) is 5.22. The SMILES string of the molecule is CSCn1nc(-c2coc3ccccc23)c2cnc(C(=O)O)cc21. The molecule has 1 N–H and O–H groups in total. The van der Waals surface area contributed by atoms with Crippen molar-refractivity contribution in [3.05, 3.63) is 48.5 Å². The second-order valence-corrected chi connectivity index (χ2v) is 6.14. The highest BCUT2D eigenvalue weighted by Gasteiger charge is 2.18. The lowest BCUT2D eigenvalue weighted by atomic mass is 10.1. The van der Waals surface area contributed by atoms with Crippen LogP contribution in [0.5, 0.6) is 0 Å². The molecule has 1 aromatic carbocycles. The summed E-state index contributed by atoms with van der Waals surface area (Å²) < 4.78 is 7.41. The van der Waals surface area contributed by atoms with Gasteiger partial charge in [0.15, 0.2) is 0 Å². The highest BCUT2D eigenvalue weighted by Crippen LogP contribution is 2.34. The number of carboxylic acid groups (broad SMARTS) is 1. The van der Waals surface area contributed by atoms with Gasteiger partial charge >= 0.3 is 5.97 Å². The van der Waals surface area contributed by atoms with Crippen LogP contribution in [0.4, 0.5) is 0 Å². The van der Waals surface area contributed by atoms with Crippen molar-refractivity contribution in [2.45, 2.75) is 5.88 Å². The Kier molecular flexibility index (Phi) is 3.50. The Morgan fingerprint density at radius 3 is 2.96 bits per heavy atom. The quantitative estimate of drug-likeness (QED) is 0.608. The van der Waals surface area contributed by atoms with Crippen LogP contribution in [0.1, 0.15) is 10.5 Å². The van der Waals surface area contributed by atoms with Crippen LogP contribution in [0.15, 0.2) is 47.2 Å². The fourth-order valence-electron chi connectivity index (χ4n) is 2.77. The van der Waals surface area contributed by atoms with Crippen molar-refractivity contribution in [3.63, 3.8) is 0 Å². The zero-order valence-electron chi connectivity index (χ0n) is 12.8. The van der Waals surface area contributed by atoms with Crippen molar-refractivity contribution in [3.8, 4) is 11.3 Å². The Labute approximate surface area is 141 Å². The fourth-order valence-corrected chi connectivity index (χ4v) is 3.21. The van der Waals surface area contributed by atoms with E-state index in [-0.39, 0.29) is 5.69 Å². The monoisotopic (exact) mass is 339 g/mol. The summed E-state index contributed by atoms with van der Waals surface area (Å²) in [6, 6.07) is 9.31. The maximum absolute atomic E-state index is 11.2. The highest BCUT2D eigenvalue weighted by atomic mass is 32.2. The molecule has 0 saturated heterocycles. The van der Waals surface area contributed by atoms with Crippen LogP contribution < -0.4 is 0 Å². The third-order valence-electron chi connectivity index (χ3n) is 3.84. The predicted molar refractivity (Wildman–Crippen MR) is 93.2 cm³/mol. The Hall–Kier alpha value is -2.80. The Morgan fingerprint density at radius 1 is 1.33 bits per heavy atom. The molecule has 0 unspecified atom stereocenters. The van der Waals surface area contributed by atoms with Gasteiger partial charge in [-0.25, -0.2) is 9.78 Å². The van der Waals surface area contributed by atoms with Gasteiger partial charge in [-0.15, -0.1) is 11.8 Å². The molecule has 0 atom stereocenters. The van der Waals surface area contributed by atoms with Gasteiger partial charge in [-0.05, 0) is 18.4 Å². The molecule has 120 valence electrons. The van der Waals surface area contributed by atoms with Gasteiger partial charge < -0.3 is 9.52 Å². The fraction of sp³-hybridized carbons (Fsp3) is 0.118. The molecule has 7 heteroatoms. The molecule has 0 spiro atoms. The second-order valence-electron chi connectivity index (χ2n) is 5.30. The Bertz CT molecular complexity index is 1070. The molecule has 3 aromatic heterocycles. The largest absolute Gasteiger partial charge is 0.477 e. The van der Waals surface area contributed by atoms with Crippen molar-refractivity contribution in [2.24, 2.45) is 0 Å². The number of nitrogens with zero attached hydrogens (tertiary/aromatic N) is 3. The summed E-state index contributed by atoms with van der Waals surface area (Å²) in [5, 5.41) is 15.6. The number of carboxylic acids is 1. The van der Waals surface area contributed by atoms with Gasteiger partial charge in [-0.3, -0.25) is 4.68 Å². The number of furan rings is 1. The third-order valence-corrected chi connectivity index (χ3v) is 4.35. The predicted octanol–water partition coefficient (Wildman–Crippen LogP) is 3.86. The second kappa shape index (κ2) is 5.68. The highest BCUT2D eigenvalue weighted by molar-refractivity contribution is 7.97. The summed E-state index contributed by atoms with van der Waals surface area (Å²) in [7, 11) is 0. The zero-order chi connectivity index (χ0) is 16.7. The van der Waals surface area contributed by atoms with Crippen molar-refractivity contribution < 1.29 is 14.3 Å². The molecule has 0 aliphatic heterocycles. The van der Waals surface area contributed by atoms with Crippen molar-refractivity contribution in [2.75, 3.05) is 6.26 Å². The lowest BCUT2D eigenvalue weighted by molar-refractivity contribution is 0.0690. The molecule has 0 aliphatic carbocycles. The molecule has 0 bridgehead atoms. The number of aromatic carboxylic acids is 1. The lowest BCUT2D eigenvalue weighted by Gasteiger charge is -2.00. The van der Waals surface area contributed by atoms with E-state index in [1.54, 1.807) is 35.0 Å². The molecule has 3 heterocycles. The molecule has 4 aromatic rings. The van der Waals surface area contributed by atoms with Gasteiger partial charge in [0.1, 0.15) is 23.2 Å². The van der Waals surface area contributed by atoms with E-state index in [1.165, 1.54) is 0 Å². The Morgan fingerprint density at radius 2 is 2.17 bits per heavy atom. The molecule has 0 amide bonds. The summed E-state index contributed by atoms with van der Waals surface area (Å²) >= 11 is 1.61. The number of hydrogen-bond donors (Lipinski definition) is 1. The minimum absolute atomic E-state index is 0.00774. The average Bonchev–Trinajstić information content (AvgIpc) is 3.16. The molecule has 6 nitrogen and oxygen atoms in total. The molecular weight excluding hydrogens is 326 g/mol. The Balaban J connectivity index is 2.00. The molecule has 0 aliphatic rings. The van der Waals surface area contributed by atoms with Gasteiger partial charge in [0.05, 0.1) is 11.4 Å². The number of thioether (sulfide) groups is 1. The summed E-state index contributed by atoms with van der Waals surface area (Å²) in [6.45, 7) is 0. The van der Waals surface area contributed by atoms with Gasteiger partial charge in [0.25, 0.3) is 0 Å². The summed E-state index contributed by atoms with van der Waals surface area (Å²) in [5.41, 5.74) is 3.16. The number of hydrogen-bond acceptors (Lipinski definition) is 5. The van der Waals surface area contributed by atoms with E-state index in [0.717, 1.165) is 33.1 Å². The smallest absolute Gasteiger partial charge is 0.354 e. The topological polar surface area (TPSA) is 81.2 Å². The van der Waals surface area contributed by atoms with Crippen LogP contribution in [0.3, 0.4) is 0 Å².